The Kier molecular flexibility index (Phi) is 6.70. The van der Waals surface area contributed by atoms with E-state index in [-0.39, 0.29) is 11.9 Å². The molecule has 4 aromatic rings. The van der Waals surface area contributed by atoms with Crippen molar-refractivity contribution in [1.29, 1.82) is 0 Å². The summed E-state index contributed by atoms with van der Waals surface area (Å²) in [6.07, 6.45) is 7.48. The maximum atomic E-state index is 12.7. The van der Waals surface area contributed by atoms with Crippen LogP contribution in [0.5, 0.6) is 0 Å². The van der Waals surface area contributed by atoms with Gasteiger partial charge in [-0.3, -0.25) is 4.79 Å². The number of hydrogen-bond donors (Lipinski definition) is 2. The van der Waals surface area contributed by atoms with Crippen LogP contribution in [0.4, 0.5) is 5.82 Å². The predicted molar refractivity (Wildman–Crippen MR) is 137 cm³/mol. The quantitative estimate of drug-likeness (QED) is 0.327. The topological polar surface area (TPSA) is 71.3 Å². The summed E-state index contributed by atoms with van der Waals surface area (Å²) in [6, 6.07) is 17.1. The molecule has 1 aliphatic carbocycles. The molecule has 2 heterocycles. The lowest BCUT2D eigenvalue weighted by atomic mass is 9.95. The Morgan fingerprint density at radius 1 is 1.00 bits per heavy atom. The molecule has 2 aromatic heterocycles. The van der Waals surface area contributed by atoms with E-state index in [4.69, 9.17) is 28.2 Å². The standard InChI is InChI=1S/C26H25Cl2N5O/c27-20-11-10-19(22(28)14-20)16-29-25-15-23(32-24-12-13-30-33(24)25)17-6-8-18(9-7-17)26(34)31-21-4-2-1-3-5-21/h6-15,21,29H,1-5,16H2,(H,31,34). The fourth-order valence-corrected chi connectivity index (χ4v) is 4.82. The maximum absolute atomic E-state index is 12.7. The van der Waals surface area contributed by atoms with Gasteiger partial charge in [0, 0.05) is 45.9 Å². The summed E-state index contributed by atoms with van der Waals surface area (Å²) in [7, 11) is 0. The van der Waals surface area contributed by atoms with E-state index in [0.29, 0.717) is 22.2 Å². The van der Waals surface area contributed by atoms with Crippen LogP contribution in [0.25, 0.3) is 16.9 Å². The molecule has 0 spiro atoms. The highest BCUT2D eigenvalue weighted by Crippen LogP contribution is 2.25. The number of aromatic nitrogens is 3. The largest absolute Gasteiger partial charge is 0.366 e. The molecule has 1 aliphatic rings. The molecule has 34 heavy (non-hydrogen) atoms. The van der Waals surface area contributed by atoms with Crippen molar-refractivity contribution >= 4 is 40.6 Å². The molecule has 1 amide bonds. The number of anilines is 1. The van der Waals surface area contributed by atoms with Gasteiger partial charge in [-0.25, -0.2) is 4.98 Å². The monoisotopic (exact) mass is 493 g/mol. The van der Waals surface area contributed by atoms with Gasteiger partial charge < -0.3 is 10.6 Å². The SMILES string of the molecule is O=C(NC1CCCCC1)c1ccc(-c2cc(NCc3ccc(Cl)cc3Cl)n3nccc3n2)cc1. The summed E-state index contributed by atoms with van der Waals surface area (Å²) in [4.78, 5) is 17.4. The lowest BCUT2D eigenvalue weighted by Crippen LogP contribution is -2.36. The Balaban J connectivity index is 1.35. The van der Waals surface area contributed by atoms with Crippen LogP contribution in [-0.2, 0) is 6.54 Å². The Bertz CT molecular complexity index is 1310. The average Bonchev–Trinajstić information content (AvgIpc) is 3.33. The van der Waals surface area contributed by atoms with Crippen LogP contribution in [0.3, 0.4) is 0 Å². The second kappa shape index (κ2) is 10.0. The highest BCUT2D eigenvalue weighted by molar-refractivity contribution is 6.35. The van der Waals surface area contributed by atoms with Crippen molar-refractivity contribution in [1.82, 2.24) is 19.9 Å². The first-order chi connectivity index (χ1) is 16.6. The minimum absolute atomic E-state index is 0.0140. The number of nitrogens with one attached hydrogen (secondary N) is 2. The number of carbonyl (C=O) groups excluding carboxylic acids is 1. The van der Waals surface area contributed by atoms with Crippen LogP contribution in [0.1, 0.15) is 48.0 Å². The Hall–Kier alpha value is -3.09. The lowest BCUT2D eigenvalue weighted by Gasteiger charge is -2.22. The molecule has 0 unspecified atom stereocenters. The van der Waals surface area contributed by atoms with Crippen molar-refractivity contribution in [2.45, 2.75) is 44.7 Å². The van der Waals surface area contributed by atoms with Gasteiger partial charge in [0.1, 0.15) is 5.82 Å². The summed E-state index contributed by atoms with van der Waals surface area (Å²) in [5, 5.41) is 12.2. The summed E-state index contributed by atoms with van der Waals surface area (Å²) in [6.45, 7) is 0.509. The van der Waals surface area contributed by atoms with Crippen molar-refractivity contribution in [2.75, 3.05) is 5.32 Å². The number of benzene rings is 2. The molecular formula is C26H25Cl2N5O. The van der Waals surface area contributed by atoms with Crippen LogP contribution < -0.4 is 10.6 Å². The summed E-state index contributed by atoms with van der Waals surface area (Å²) in [5.74, 6) is 0.773. The zero-order valence-electron chi connectivity index (χ0n) is 18.6. The average molecular weight is 494 g/mol. The molecule has 0 aliphatic heterocycles. The van der Waals surface area contributed by atoms with Gasteiger partial charge >= 0.3 is 0 Å². The number of carbonyl (C=O) groups is 1. The fourth-order valence-electron chi connectivity index (χ4n) is 4.35. The predicted octanol–water partition coefficient (Wildman–Crippen LogP) is 6.38. The number of fused-ring (bicyclic) bond motifs is 1. The first-order valence-electron chi connectivity index (χ1n) is 11.5. The first kappa shape index (κ1) is 22.7. The molecule has 6 nitrogen and oxygen atoms in total. The van der Waals surface area contributed by atoms with Gasteiger partial charge in [-0.2, -0.15) is 9.61 Å². The normalized spacial score (nSPS) is 14.3. The fraction of sp³-hybridized carbons (Fsp3) is 0.269. The van der Waals surface area contributed by atoms with Crippen LogP contribution >= 0.6 is 23.2 Å². The third-order valence-corrected chi connectivity index (χ3v) is 6.80. The second-order valence-electron chi connectivity index (χ2n) is 8.60. The summed E-state index contributed by atoms with van der Waals surface area (Å²) < 4.78 is 1.75. The van der Waals surface area contributed by atoms with Crippen molar-refractivity contribution < 1.29 is 4.79 Å². The van der Waals surface area contributed by atoms with E-state index >= 15 is 0 Å². The van der Waals surface area contributed by atoms with E-state index in [1.807, 2.05) is 48.5 Å². The van der Waals surface area contributed by atoms with Crippen LogP contribution in [-0.4, -0.2) is 26.5 Å². The molecule has 8 heteroatoms. The second-order valence-corrected chi connectivity index (χ2v) is 9.45. The zero-order chi connectivity index (χ0) is 23.5. The first-order valence-corrected chi connectivity index (χ1v) is 12.3. The van der Waals surface area contributed by atoms with Gasteiger partial charge in [-0.1, -0.05) is 60.7 Å². The van der Waals surface area contributed by atoms with Gasteiger partial charge in [0.25, 0.3) is 5.91 Å². The number of nitrogens with zero attached hydrogens (tertiary/aromatic N) is 3. The van der Waals surface area contributed by atoms with E-state index in [9.17, 15) is 4.79 Å². The molecule has 1 fully saturated rings. The van der Waals surface area contributed by atoms with Crippen LogP contribution in [0, 0.1) is 0 Å². The Morgan fingerprint density at radius 2 is 1.79 bits per heavy atom. The molecule has 0 atom stereocenters. The van der Waals surface area contributed by atoms with Gasteiger partial charge in [-0.15, -0.1) is 0 Å². The van der Waals surface area contributed by atoms with E-state index in [1.165, 1.54) is 19.3 Å². The van der Waals surface area contributed by atoms with E-state index in [1.54, 1.807) is 16.8 Å². The molecule has 1 saturated carbocycles. The molecule has 0 bridgehead atoms. The van der Waals surface area contributed by atoms with Gasteiger partial charge in [0.2, 0.25) is 0 Å². The summed E-state index contributed by atoms with van der Waals surface area (Å²) in [5.41, 5.74) is 4.03. The van der Waals surface area contributed by atoms with Gasteiger partial charge in [0.15, 0.2) is 5.65 Å². The van der Waals surface area contributed by atoms with Crippen LogP contribution in [0.15, 0.2) is 60.8 Å². The minimum atomic E-state index is -0.0140. The summed E-state index contributed by atoms with van der Waals surface area (Å²) >= 11 is 12.3. The van der Waals surface area contributed by atoms with Crippen molar-refractivity contribution in [2.24, 2.45) is 0 Å². The highest BCUT2D eigenvalue weighted by Gasteiger charge is 2.17. The third-order valence-electron chi connectivity index (χ3n) is 6.22. The minimum Gasteiger partial charge on any atom is -0.366 e. The molecule has 5 rings (SSSR count). The maximum Gasteiger partial charge on any atom is 0.251 e. The van der Waals surface area contributed by atoms with Gasteiger partial charge in [-0.05, 0) is 42.7 Å². The molecule has 174 valence electrons. The number of hydrogen-bond acceptors (Lipinski definition) is 4. The zero-order valence-corrected chi connectivity index (χ0v) is 20.1. The van der Waals surface area contributed by atoms with Crippen molar-refractivity contribution in [3.8, 4) is 11.3 Å². The Morgan fingerprint density at radius 3 is 2.56 bits per heavy atom. The lowest BCUT2D eigenvalue weighted by molar-refractivity contribution is 0.0927. The van der Waals surface area contributed by atoms with Crippen molar-refractivity contribution in [3.05, 3.63) is 82.0 Å². The highest BCUT2D eigenvalue weighted by atomic mass is 35.5. The van der Waals surface area contributed by atoms with Gasteiger partial charge in [0.05, 0.1) is 11.9 Å². The number of halogens is 2. The third kappa shape index (κ3) is 5.03. The number of rotatable bonds is 6. The van der Waals surface area contributed by atoms with E-state index < -0.39 is 0 Å². The van der Waals surface area contributed by atoms with Crippen molar-refractivity contribution in [3.63, 3.8) is 0 Å². The molecule has 2 N–H and O–H groups in total. The molecule has 0 radical (unpaired) electrons. The smallest absolute Gasteiger partial charge is 0.251 e. The van der Waals surface area contributed by atoms with Crippen LogP contribution in [0.2, 0.25) is 10.0 Å². The number of amides is 1. The molecule has 0 saturated heterocycles. The van der Waals surface area contributed by atoms with E-state index in [2.05, 4.69) is 15.7 Å². The van der Waals surface area contributed by atoms with E-state index in [0.717, 1.165) is 41.1 Å². The molecule has 2 aromatic carbocycles. The Labute approximate surface area is 208 Å². The molecular weight excluding hydrogens is 469 g/mol.